The number of ketones is 1. The second-order valence-corrected chi connectivity index (χ2v) is 5.57. The van der Waals surface area contributed by atoms with Crippen molar-refractivity contribution in [1.82, 2.24) is 4.90 Å². The highest BCUT2D eigenvalue weighted by atomic mass is 16.1. The summed E-state index contributed by atoms with van der Waals surface area (Å²) in [6.45, 7) is 6.51. The van der Waals surface area contributed by atoms with Crippen molar-refractivity contribution in [2.45, 2.75) is 6.54 Å². The average Bonchev–Trinajstić information content (AvgIpc) is 2.67. The molecule has 0 radical (unpaired) electrons. The van der Waals surface area contributed by atoms with Gasteiger partial charge in [0, 0.05) is 24.3 Å². The summed E-state index contributed by atoms with van der Waals surface area (Å²) in [5.41, 5.74) is 3.03. The monoisotopic (exact) mass is 292 g/mol. The highest BCUT2D eigenvalue weighted by Crippen LogP contribution is 2.25. The largest absolute Gasteiger partial charge is 0.354 e. The number of hydrogen-bond acceptors (Lipinski definition) is 3. The van der Waals surface area contributed by atoms with Crippen molar-refractivity contribution in [1.29, 1.82) is 0 Å². The zero-order valence-corrected chi connectivity index (χ0v) is 12.6. The smallest absolute Gasteiger partial charge is 0.178 e. The molecule has 0 N–H and O–H groups in total. The van der Waals surface area contributed by atoms with E-state index in [2.05, 4.69) is 28.5 Å². The number of Topliss-reactive ketones (excluding diaryl/α,β-unsaturated/α-hetero) is 1. The second kappa shape index (κ2) is 6.58. The minimum absolute atomic E-state index is 0.179. The first-order chi connectivity index (χ1) is 10.8. The van der Waals surface area contributed by atoms with Gasteiger partial charge in [-0.1, -0.05) is 48.5 Å². The van der Waals surface area contributed by atoms with Crippen molar-refractivity contribution < 1.29 is 4.79 Å². The lowest BCUT2D eigenvalue weighted by atomic mass is 10.1. The fraction of sp³-hybridized carbons (Fsp3) is 0.211. The zero-order valence-electron chi connectivity index (χ0n) is 12.6. The van der Waals surface area contributed by atoms with Crippen LogP contribution in [-0.4, -0.2) is 30.4 Å². The van der Waals surface area contributed by atoms with Crippen LogP contribution in [0.5, 0.6) is 0 Å². The summed E-state index contributed by atoms with van der Waals surface area (Å²) in [6.07, 6.45) is 1.88. The first-order valence-corrected chi connectivity index (χ1v) is 7.52. The van der Waals surface area contributed by atoms with Crippen molar-refractivity contribution in [3.63, 3.8) is 0 Å². The summed E-state index contributed by atoms with van der Waals surface area (Å²) in [7, 11) is 0. The quantitative estimate of drug-likeness (QED) is 0.808. The molecule has 3 rings (SSSR count). The number of fused-ring (bicyclic) bond motifs is 1. The van der Waals surface area contributed by atoms with E-state index in [1.807, 2.05) is 48.5 Å². The number of carbonyl (C=O) groups is 1. The molecule has 22 heavy (non-hydrogen) atoms. The van der Waals surface area contributed by atoms with Crippen molar-refractivity contribution in [3.8, 4) is 0 Å². The molecule has 0 bridgehead atoms. The molecule has 0 fully saturated rings. The van der Waals surface area contributed by atoms with Crippen LogP contribution in [0.15, 0.2) is 67.3 Å². The third-order valence-electron chi connectivity index (χ3n) is 3.88. The number of rotatable bonds is 4. The second-order valence-electron chi connectivity index (χ2n) is 5.57. The van der Waals surface area contributed by atoms with E-state index < -0.39 is 0 Å². The van der Waals surface area contributed by atoms with Crippen LogP contribution < -0.4 is 4.90 Å². The van der Waals surface area contributed by atoms with E-state index in [4.69, 9.17) is 0 Å². The SMILES string of the molecule is C=CCN1CN(Cc2ccccc2)CC(=O)c2ccccc21. The molecule has 0 amide bonds. The summed E-state index contributed by atoms with van der Waals surface area (Å²) in [5.74, 6) is 0.179. The van der Waals surface area contributed by atoms with E-state index in [0.29, 0.717) is 6.54 Å². The molecular formula is C19H20N2O. The molecule has 3 nitrogen and oxygen atoms in total. The van der Waals surface area contributed by atoms with E-state index >= 15 is 0 Å². The Hall–Kier alpha value is -2.39. The predicted molar refractivity (Wildman–Crippen MR) is 90.0 cm³/mol. The number of hydrogen-bond donors (Lipinski definition) is 0. The summed E-state index contributed by atoms with van der Waals surface area (Å²) < 4.78 is 0. The Morgan fingerprint density at radius 1 is 1.05 bits per heavy atom. The Kier molecular flexibility index (Phi) is 4.35. The molecule has 0 aromatic heterocycles. The zero-order chi connectivity index (χ0) is 15.4. The molecule has 1 aliphatic rings. The van der Waals surface area contributed by atoms with Gasteiger partial charge in [0.25, 0.3) is 0 Å². The number of anilines is 1. The highest BCUT2D eigenvalue weighted by molar-refractivity contribution is 6.03. The van der Waals surface area contributed by atoms with Gasteiger partial charge < -0.3 is 4.90 Å². The molecule has 1 aliphatic heterocycles. The number of para-hydroxylation sites is 1. The summed E-state index contributed by atoms with van der Waals surface area (Å²) in [6, 6.07) is 18.1. The fourth-order valence-electron chi connectivity index (χ4n) is 2.90. The molecule has 2 aromatic rings. The minimum Gasteiger partial charge on any atom is -0.354 e. The van der Waals surface area contributed by atoms with Gasteiger partial charge in [0.05, 0.1) is 13.2 Å². The Labute approximate surface area is 131 Å². The van der Waals surface area contributed by atoms with E-state index in [1.54, 1.807) is 0 Å². The van der Waals surface area contributed by atoms with Crippen molar-refractivity contribution >= 4 is 11.5 Å². The predicted octanol–water partition coefficient (Wildman–Crippen LogP) is 3.34. The van der Waals surface area contributed by atoms with Gasteiger partial charge in [-0.3, -0.25) is 9.69 Å². The van der Waals surface area contributed by atoms with Crippen molar-refractivity contribution in [2.75, 3.05) is 24.7 Å². The van der Waals surface area contributed by atoms with E-state index in [9.17, 15) is 4.79 Å². The third kappa shape index (κ3) is 3.10. The first-order valence-electron chi connectivity index (χ1n) is 7.52. The fourth-order valence-corrected chi connectivity index (χ4v) is 2.90. The Bertz CT molecular complexity index is 666. The lowest BCUT2D eigenvalue weighted by Gasteiger charge is -2.28. The lowest BCUT2D eigenvalue weighted by Crippen LogP contribution is -2.37. The van der Waals surface area contributed by atoms with Gasteiger partial charge in [-0.2, -0.15) is 0 Å². The van der Waals surface area contributed by atoms with Crippen LogP contribution >= 0.6 is 0 Å². The summed E-state index contributed by atoms with van der Waals surface area (Å²) >= 11 is 0. The maximum Gasteiger partial charge on any atom is 0.178 e. The van der Waals surface area contributed by atoms with E-state index in [0.717, 1.165) is 31.0 Å². The number of benzene rings is 2. The van der Waals surface area contributed by atoms with E-state index in [-0.39, 0.29) is 5.78 Å². The van der Waals surface area contributed by atoms with Crippen LogP contribution in [0.4, 0.5) is 5.69 Å². The lowest BCUT2D eigenvalue weighted by molar-refractivity contribution is 0.0935. The van der Waals surface area contributed by atoms with Gasteiger partial charge in [0.1, 0.15) is 0 Å². The topological polar surface area (TPSA) is 23.6 Å². The normalized spacial score (nSPS) is 15.3. The molecule has 1 heterocycles. The Balaban J connectivity index is 1.87. The molecule has 0 spiro atoms. The maximum atomic E-state index is 12.6. The molecule has 0 atom stereocenters. The third-order valence-corrected chi connectivity index (χ3v) is 3.88. The van der Waals surface area contributed by atoms with Crippen LogP contribution in [-0.2, 0) is 6.54 Å². The van der Waals surface area contributed by atoms with Gasteiger partial charge in [0.2, 0.25) is 0 Å². The minimum atomic E-state index is 0.179. The maximum absolute atomic E-state index is 12.6. The van der Waals surface area contributed by atoms with Crippen LogP contribution in [0.2, 0.25) is 0 Å². The number of carbonyl (C=O) groups excluding carboxylic acids is 1. The van der Waals surface area contributed by atoms with Crippen molar-refractivity contribution in [3.05, 3.63) is 78.4 Å². The molecule has 3 heteroatoms. The molecular weight excluding hydrogens is 272 g/mol. The van der Waals surface area contributed by atoms with Gasteiger partial charge in [-0.25, -0.2) is 0 Å². The molecule has 0 saturated heterocycles. The highest BCUT2D eigenvalue weighted by Gasteiger charge is 2.24. The Morgan fingerprint density at radius 2 is 1.77 bits per heavy atom. The molecule has 112 valence electrons. The van der Waals surface area contributed by atoms with E-state index in [1.165, 1.54) is 5.56 Å². The molecule has 0 aliphatic carbocycles. The average molecular weight is 292 g/mol. The standard InChI is InChI=1S/C19H20N2O/c1-2-12-21-15-20(13-16-8-4-3-5-9-16)14-19(22)17-10-6-7-11-18(17)21/h2-11H,1,12-15H2. The van der Waals surface area contributed by atoms with Gasteiger partial charge >= 0.3 is 0 Å². The van der Waals surface area contributed by atoms with Crippen LogP contribution in [0.25, 0.3) is 0 Å². The van der Waals surface area contributed by atoms with Crippen LogP contribution in [0.1, 0.15) is 15.9 Å². The van der Waals surface area contributed by atoms with Crippen molar-refractivity contribution in [2.24, 2.45) is 0 Å². The van der Waals surface area contributed by atoms with Gasteiger partial charge in [-0.05, 0) is 17.7 Å². The molecule has 2 aromatic carbocycles. The van der Waals surface area contributed by atoms with Crippen LogP contribution in [0, 0.1) is 0 Å². The molecule has 0 saturated carbocycles. The molecule has 0 unspecified atom stereocenters. The first kappa shape index (κ1) is 14.5. The summed E-state index contributed by atoms with van der Waals surface area (Å²) in [4.78, 5) is 16.9. The van der Waals surface area contributed by atoms with Gasteiger partial charge in [0.15, 0.2) is 5.78 Å². The number of nitrogens with zero attached hydrogens (tertiary/aromatic N) is 2. The van der Waals surface area contributed by atoms with Gasteiger partial charge in [-0.15, -0.1) is 6.58 Å². The van der Waals surface area contributed by atoms with Crippen LogP contribution in [0.3, 0.4) is 0 Å². The Morgan fingerprint density at radius 3 is 2.55 bits per heavy atom. The summed E-state index contributed by atoms with van der Waals surface area (Å²) in [5, 5.41) is 0.